The zero-order chi connectivity index (χ0) is 34.4. The number of nitrogens with one attached hydrogen (secondary N) is 1. The average molecular weight is 664 g/mol. The number of amides is 1. The molecule has 252 valence electrons. The molecule has 5 aromatic rings. The molecule has 1 aliphatic rings. The second-order valence-electron chi connectivity index (χ2n) is 11.4. The first kappa shape index (κ1) is 33.6. The van der Waals surface area contributed by atoms with E-state index < -0.39 is 41.7 Å². The minimum Gasteiger partial charge on any atom is -0.497 e. The number of rotatable bonds is 12. The van der Waals surface area contributed by atoms with Crippen molar-refractivity contribution in [2.75, 3.05) is 33.3 Å². The van der Waals surface area contributed by atoms with Crippen molar-refractivity contribution in [2.45, 2.75) is 30.1 Å². The van der Waals surface area contributed by atoms with Gasteiger partial charge in [-0.2, -0.15) is 4.98 Å². The van der Waals surface area contributed by atoms with Gasteiger partial charge in [0, 0.05) is 18.9 Å². The molecule has 0 saturated carbocycles. The topological polar surface area (TPSA) is 130 Å². The lowest BCUT2D eigenvalue weighted by Gasteiger charge is -2.37. The number of ether oxygens (including phenoxy) is 5. The standard InChI is InChI=1S/C38H37N3O8/c1-45-29-18-14-27(15-19-29)38(26-12-8-5-9-13-26,28-16-20-30(46-2)21-17-28)48-24-31-33(42)34(47-3)36(49-31)41-23-22-32(40-37(41)44)39-35(43)25-10-6-4-7-11-25/h4-23,31,33-34,36,42H,24H2,1-3H3,(H,39,40,43,44)/t31?,33?,34-,36?/m0/s1. The van der Waals surface area contributed by atoms with Gasteiger partial charge in [-0.15, -0.1) is 0 Å². The van der Waals surface area contributed by atoms with Gasteiger partial charge in [0.1, 0.15) is 41.2 Å². The van der Waals surface area contributed by atoms with Crippen LogP contribution in [0.3, 0.4) is 0 Å². The van der Waals surface area contributed by atoms with Crippen molar-refractivity contribution in [3.8, 4) is 11.5 Å². The summed E-state index contributed by atoms with van der Waals surface area (Å²) in [6, 6.07) is 35.0. The molecule has 1 aliphatic heterocycles. The Morgan fingerprint density at radius 3 is 1.90 bits per heavy atom. The van der Waals surface area contributed by atoms with Crippen LogP contribution in [0, 0.1) is 0 Å². The number of hydrogen-bond acceptors (Lipinski definition) is 9. The Hall–Kier alpha value is -5.33. The summed E-state index contributed by atoms with van der Waals surface area (Å²) < 4.78 is 31.0. The van der Waals surface area contributed by atoms with Crippen LogP contribution in [-0.2, 0) is 19.8 Å². The van der Waals surface area contributed by atoms with Crippen LogP contribution >= 0.6 is 0 Å². The van der Waals surface area contributed by atoms with Crippen LogP contribution in [-0.4, -0.2) is 66.8 Å². The summed E-state index contributed by atoms with van der Waals surface area (Å²) in [6.07, 6.45) is -2.57. The third kappa shape index (κ3) is 6.83. The second kappa shape index (κ2) is 14.8. The molecule has 11 heteroatoms. The molecule has 1 aromatic heterocycles. The molecule has 4 atom stereocenters. The van der Waals surface area contributed by atoms with Gasteiger partial charge >= 0.3 is 5.69 Å². The summed E-state index contributed by atoms with van der Waals surface area (Å²) >= 11 is 0. The molecule has 0 spiro atoms. The normalized spacial score (nSPS) is 18.9. The van der Waals surface area contributed by atoms with Gasteiger partial charge in [0.15, 0.2) is 6.23 Å². The first-order chi connectivity index (χ1) is 23.9. The molecule has 49 heavy (non-hydrogen) atoms. The fraction of sp³-hybridized carbons (Fsp3) is 0.237. The Bertz CT molecular complexity index is 1850. The molecule has 3 unspecified atom stereocenters. The number of aliphatic hydroxyl groups excluding tert-OH is 1. The summed E-state index contributed by atoms with van der Waals surface area (Å²) in [5.41, 5.74) is 1.04. The predicted octanol–water partition coefficient (Wildman–Crippen LogP) is 4.79. The maximum atomic E-state index is 13.2. The van der Waals surface area contributed by atoms with Crippen molar-refractivity contribution in [2.24, 2.45) is 0 Å². The zero-order valence-corrected chi connectivity index (χ0v) is 27.3. The summed E-state index contributed by atoms with van der Waals surface area (Å²) in [6.45, 7) is -0.0854. The minimum atomic E-state index is -1.17. The molecule has 11 nitrogen and oxygen atoms in total. The monoisotopic (exact) mass is 663 g/mol. The fourth-order valence-corrected chi connectivity index (χ4v) is 6.07. The number of methoxy groups -OCH3 is 3. The number of aliphatic hydroxyl groups is 1. The molecule has 1 fully saturated rings. The molecular weight excluding hydrogens is 626 g/mol. The third-order valence-corrected chi connectivity index (χ3v) is 8.60. The number of hydrogen-bond donors (Lipinski definition) is 2. The van der Waals surface area contributed by atoms with Gasteiger partial charge < -0.3 is 34.1 Å². The molecule has 0 bridgehead atoms. The highest BCUT2D eigenvalue weighted by Gasteiger charge is 2.47. The van der Waals surface area contributed by atoms with Gasteiger partial charge in [-0.3, -0.25) is 9.36 Å². The van der Waals surface area contributed by atoms with E-state index in [0.29, 0.717) is 17.1 Å². The van der Waals surface area contributed by atoms with E-state index in [1.165, 1.54) is 23.9 Å². The highest BCUT2D eigenvalue weighted by atomic mass is 16.6. The Kier molecular flexibility index (Phi) is 10.2. The number of carbonyl (C=O) groups excluding carboxylic acids is 1. The van der Waals surface area contributed by atoms with E-state index in [9.17, 15) is 14.7 Å². The van der Waals surface area contributed by atoms with E-state index in [0.717, 1.165) is 16.7 Å². The lowest BCUT2D eigenvalue weighted by atomic mass is 9.80. The third-order valence-electron chi connectivity index (χ3n) is 8.60. The molecule has 4 aromatic carbocycles. The number of carbonyl (C=O) groups is 1. The lowest BCUT2D eigenvalue weighted by Crippen LogP contribution is -2.40. The highest BCUT2D eigenvalue weighted by molar-refractivity contribution is 6.03. The summed E-state index contributed by atoms with van der Waals surface area (Å²) in [5.74, 6) is 1.05. The van der Waals surface area contributed by atoms with Gasteiger partial charge in [-0.05, 0) is 59.2 Å². The van der Waals surface area contributed by atoms with Crippen LogP contribution in [0.4, 0.5) is 5.82 Å². The SMILES string of the molecule is COc1ccc(C(OCC2OC(n3ccc(NC(=O)c4ccccc4)nc3=O)[C@@H](OC)C2O)(c2ccccc2)c2ccc(OC)cc2)cc1. The average Bonchev–Trinajstić information content (AvgIpc) is 3.47. The molecule has 2 heterocycles. The maximum absolute atomic E-state index is 13.2. The van der Waals surface area contributed by atoms with Crippen molar-refractivity contribution in [1.29, 1.82) is 0 Å². The first-order valence-electron chi connectivity index (χ1n) is 15.7. The minimum absolute atomic E-state index is 0.0779. The van der Waals surface area contributed by atoms with Gasteiger partial charge in [0.2, 0.25) is 0 Å². The zero-order valence-electron chi connectivity index (χ0n) is 27.3. The van der Waals surface area contributed by atoms with Crippen molar-refractivity contribution in [3.05, 3.63) is 154 Å². The summed E-state index contributed by atoms with van der Waals surface area (Å²) in [7, 11) is 4.65. The molecule has 2 N–H and O–H groups in total. The second-order valence-corrected chi connectivity index (χ2v) is 11.4. The molecular formula is C38H37N3O8. The quantitative estimate of drug-likeness (QED) is 0.181. The molecule has 0 aliphatic carbocycles. The van der Waals surface area contributed by atoms with E-state index in [1.807, 2.05) is 78.9 Å². The van der Waals surface area contributed by atoms with E-state index in [-0.39, 0.29) is 12.4 Å². The van der Waals surface area contributed by atoms with Crippen molar-refractivity contribution in [1.82, 2.24) is 9.55 Å². The molecule has 6 rings (SSSR count). The van der Waals surface area contributed by atoms with Gasteiger partial charge in [0.05, 0.1) is 20.8 Å². The molecule has 1 saturated heterocycles. The lowest BCUT2D eigenvalue weighted by molar-refractivity contribution is -0.0966. The Morgan fingerprint density at radius 1 is 0.816 bits per heavy atom. The highest BCUT2D eigenvalue weighted by Crippen LogP contribution is 2.43. The maximum Gasteiger partial charge on any atom is 0.351 e. The Balaban J connectivity index is 1.31. The molecule has 1 amide bonds. The number of benzene rings is 4. The van der Waals surface area contributed by atoms with Gasteiger partial charge in [-0.1, -0.05) is 72.8 Å². The summed E-state index contributed by atoms with van der Waals surface area (Å²) in [5, 5.41) is 14.1. The van der Waals surface area contributed by atoms with E-state index in [4.69, 9.17) is 23.7 Å². The van der Waals surface area contributed by atoms with Crippen LogP contribution in [0.15, 0.2) is 126 Å². The molecule has 0 radical (unpaired) electrons. The van der Waals surface area contributed by atoms with E-state index in [1.54, 1.807) is 44.6 Å². The first-order valence-corrected chi connectivity index (χ1v) is 15.7. The van der Waals surface area contributed by atoms with Crippen LogP contribution in [0.5, 0.6) is 11.5 Å². The number of nitrogens with zero attached hydrogens (tertiary/aromatic N) is 2. The van der Waals surface area contributed by atoms with Crippen LogP contribution in [0.2, 0.25) is 0 Å². The predicted molar refractivity (Wildman–Crippen MR) is 182 cm³/mol. The Morgan fingerprint density at radius 2 is 1.37 bits per heavy atom. The summed E-state index contributed by atoms with van der Waals surface area (Å²) in [4.78, 5) is 29.9. The number of aromatic nitrogens is 2. The smallest absolute Gasteiger partial charge is 0.351 e. The van der Waals surface area contributed by atoms with Crippen LogP contribution in [0.25, 0.3) is 0 Å². The van der Waals surface area contributed by atoms with Crippen LogP contribution < -0.4 is 20.5 Å². The van der Waals surface area contributed by atoms with Crippen molar-refractivity contribution in [3.63, 3.8) is 0 Å². The fourth-order valence-electron chi connectivity index (χ4n) is 6.07. The van der Waals surface area contributed by atoms with E-state index >= 15 is 0 Å². The van der Waals surface area contributed by atoms with E-state index in [2.05, 4.69) is 10.3 Å². The van der Waals surface area contributed by atoms with Crippen molar-refractivity contribution < 1.29 is 33.6 Å². The van der Waals surface area contributed by atoms with Gasteiger partial charge in [0.25, 0.3) is 5.91 Å². The van der Waals surface area contributed by atoms with Crippen molar-refractivity contribution >= 4 is 11.7 Å². The largest absolute Gasteiger partial charge is 0.497 e. The Labute approximate surface area is 283 Å². The van der Waals surface area contributed by atoms with Crippen LogP contribution in [0.1, 0.15) is 33.3 Å². The number of anilines is 1. The van der Waals surface area contributed by atoms with Gasteiger partial charge in [-0.25, -0.2) is 4.79 Å².